The molecule has 24 heavy (non-hydrogen) atoms. The third-order valence-corrected chi connectivity index (χ3v) is 5.12. The van der Waals surface area contributed by atoms with E-state index < -0.39 is 0 Å². The highest BCUT2D eigenvalue weighted by atomic mass is 15.3. The molecule has 1 aliphatic carbocycles. The highest BCUT2D eigenvalue weighted by molar-refractivity contribution is 5.59. The maximum atomic E-state index is 4.33. The van der Waals surface area contributed by atoms with Gasteiger partial charge in [0.25, 0.3) is 0 Å². The Balaban J connectivity index is 3.04. The zero-order valence-electron chi connectivity index (χ0n) is 15.9. The number of nitrogens with one attached hydrogen (secondary N) is 1. The SMILES string of the molecule is C=C/C=C\C(=C)C1(C)C(=C)C1(C)N(/C=C\NC(=C)/C=C\C)C(C)C. The van der Waals surface area contributed by atoms with E-state index >= 15 is 0 Å². The molecule has 0 aromatic carbocycles. The molecular formula is C22H32N2. The lowest BCUT2D eigenvalue weighted by Crippen LogP contribution is -2.40. The molecule has 130 valence electrons. The van der Waals surface area contributed by atoms with Gasteiger partial charge in [0.1, 0.15) is 0 Å². The van der Waals surface area contributed by atoms with Gasteiger partial charge < -0.3 is 10.2 Å². The molecule has 1 saturated carbocycles. The van der Waals surface area contributed by atoms with Crippen LogP contribution in [0.1, 0.15) is 34.6 Å². The molecule has 1 rings (SSSR count). The lowest BCUT2D eigenvalue weighted by molar-refractivity contribution is 0.196. The maximum Gasteiger partial charge on any atom is 0.0722 e. The van der Waals surface area contributed by atoms with E-state index in [-0.39, 0.29) is 11.0 Å². The van der Waals surface area contributed by atoms with Gasteiger partial charge in [-0.1, -0.05) is 50.6 Å². The molecule has 2 unspecified atom stereocenters. The van der Waals surface area contributed by atoms with Crippen LogP contribution in [0.3, 0.4) is 0 Å². The smallest absolute Gasteiger partial charge is 0.0722 e. The first-order chi connectivity index (χ1) is 11.2. The summed E-state index contributed by atoms with van der Waals surface area (Å²) in [4.78, 5) is 2.33. The Labute approximate surface area is 148 Å². The zero-order chi connectivity index (χ0) is 18.5. The quantitative estimate of drug-likeness (QED) is 0.446. The van der Waals surface area contributed by atoms with E-state index in [0.717, 1.165) is 11.3 Å². The third-order valence-electron chi connectivity index (χ3n) is 5.12. The Hall–Kier alpha value is -2.22. The minimum absolute atomic E-state index is 0.151. The molecule has 0 aromatic heterocycles. The summed E-state index contributed by atoms with van der Waals surface area (Å²) in [6.07, 6.45) is 13.6. The van der Waals surface area contributed by atoms with Gasteiger partial charge in [0.2, 0.25) is 0 Å². The molecule has 0 aromatic rings. The van der Waals surface area contributed by atoms with Crippen molar-refractivity contribution < 1.29 is 0 Å². The maximum absolute atomic E-state index is 4.33. The van der Waals surface area contributed by atoms with Crippen LogP contribution in [0.4, 0.5) is 0 Å². The average molecular weight is 325 g/mol. The molecule has 1 N–H and O–H groups in total. The first-order valence-electron chi connectivity index (χ1n) is 8.39. The molecule has 1 aliphatic rings. The zero-order valence-corrected chi connectivity index (χ0v) is 15.9. The van der Waals surface area contributed by atoms with Crippen molar-refractivity contribution in [1.29, 1.82) is 0 Å². The Morgan fingerprint density at radius 2 is 1.83 bits per heavy atom. The molecule has 2 atom stereocenters. The summed E-state index contributed by atoms with van der Waals surface area (Å²) in [7, 11) is 0. The molecule has 0 radical (unpaired) electrons. The highest BCUT2D eigenvalue weighted by Gasteiger charge is 2.69. The Bertz CT molecular complexity index is 618. The number of hydrogen-bond donors (Lipinski definition) is 1. The van der Waals surface area contributed by atoms with Crippen LogP contribution in [0.25, 0.3) is 0 Å². The largest absolute Gasteiger partial charge is 0.363 e. The summed E-state index contributed by atoms with van der Waals surface area (Å²) in [6, 6.07) is 0.331. The fourth-order valence-corrected chi connectivity index (χ4v) is 3.34. The summed E-state index contributed by atoms with van der Waals surface area (Å²) >= 11 is 0. The van der Waals surface area contributed by atoms with Crippen LogP contribution in [0.2, 0.25) is 0 Å². The van der Waals surface area contributed by atoms with Crippen molar-refractivity contribution in [3.05, 3.63) is 85.9 Å². The van der Waals surface area contributed by atoms with Crippen LogP contribution in [0.5, 0.6) is 0 Å². The van der Waals surface area contributed by atoms with Crippen molar-refractivity contribution in [2.45, 2.75) is 46.2 Å². The Morgan fingerprint density at radius 3 is 2.33 bits per heavy atom. The van der Waals surface area contributed by atoms with Crippen LogP contribution in [-0.4, -0.2) is 16.5 Å². The summed E-state index contributed by atoms with van der Waals surface area (Å²) in [5, 5.41) is 3.19. The monoisotopic (exact) mass is 324 g/mol. The van der Waals surface area contributed by atoms with Gasteiger partial charge in [0.15, 0.2) is 0 Å². The van der Waals surface area contributed by atoms with E-state index in [4.69, 9.17) is 0 Å². The molecule has 0 saturated heterocycles. The fraction of sp³-hybridized carbons (Fsp3) is 0.364. The minimum Gasteiger partial charge on any atom is -0.363 e. The van der Waals surface area contributed by atoms with Gasteiger partial charge >= 0.3 is 0 Å². The van der Waals surface area contributed by atoms with Crippen molar-refractivity contribution in [1.82, 2.24) is 10.2 Å². The number of nitrogens with zero attached hydrogens (tertiary/aromatic N) is 1. The predicted molar refractivity (Wildman–Crippen MR) is 107 cm³/mol. The van der Waals surface area contributed by atoms with Crippen molar-refractivity contribution in [2.24, 2.45) is 5.41 Å². The predicted octanol–water partition coefficient (Wildman–Crippen LogP) is 5.48. The minimum atomic E-state index is -0.163. The fourth-order valence-electron chi connectivity index (χ4n) is 3.34. The van der Waals surface area contributed by atoms with Gasteiger partial charge in [0, 0.05) is 29.6 Å². The van der Waals surface area contributed by atoms with E-state index in [1.165, 1.54) is 5.57 Å². The van der Waals surface area contributed by atoms with E-state index in [9.17, 15) is 0 Å². The van der Waals surface area contributed by atoms with Crippen molar-refractivity contribution in [3.63, 3.8) is 0 Å². The highest BCUT2D eigenvalue weighted by Crippen LogP contribution is 2.68. The van der Waals surface area contributed by atoms with Gasteiger partial charge in [-0.25, -0.2) is 0 Å². The van der Waals surface area contributed by atoms with Gasteiger partial charge in [-0.05, 0) is 51.8 Å². The second-order valence-electron chi connectivity index (χ2n) is 6.78. The topological polar surface area (TPSA) is 15.3 Å². The van der Waals surface area contributed by atoms with Crippen LogP contribution in [0.15, 0.2) is 85.9 Å². The van der Waals surface area contributed by atoms with Crippen molar-refractivity contribution >= 4 is 0 Å². The molecule has 0 amide bonds. The second-order valence-corrected chi connectivity index (χ2v) is 6.78. The first kappa shape index (κ1) is 19.8. The molecule has 0 heterocycles. The van der Waals surface area contributed by atoms with Crippen LogP contribution in [0, 0.1) is 5.41 Å². The van der Waals surface area contributed by atoms with E-state index in [1.54, 1.807) is 6.08 Å². The number of allylic oxidation sites excluding steroid dienone is 5. The summed E-state index contributed by atoms with van der Waals surface area (Å²) in [5.74, 6) is 0. The molecule has 0 bridgehead atoms. The Kier molecular flexibility index (Phi) is 6.25. The molecule has 2 heteroatoms. The molecule has 2 nitrogen and oxygen atoms in total. The van der Waals surface area contributed by atoms with E-state index in [1.807, 2.05) is 37.4 Å². The molecule has 0 aliphatic heterocycles. The number of hydrogen-bond acceptors (Lipinski definition) is 2. The van der Waals surface area contributed by atoms with Gasteiger partial charge in [-0.2, -0.15) is 0 Å². The lowest BCUT2D eigenvalue weighted by atomic mass is 9.92. The third kappa shape index (κ3) is 3.33. The molecular weight excluding hydrogens is 292 g/mol. The molecule has 0 spiro atoms. The van der Waals surface area contributed by atoms with Crippen molar-refractivity contribution in [3.8, 4) is 0 Å². The van der Waals surface area contributed by atoms with Gasteiger partial charge in [-0.15, -0.1) is 0 Å². The second kappa shape index (κ2) is 7.57. The summed E-state index contributed by atoms with van der Waals surface area (Å²) in [5.41, 5.74) is 2.78. The van der Waals surface area contributed by atoms with Crippen molar-refractivity contribution in [2.75, 3.05) is 0 Å². The van der Waals surface area contributed by atoms with Gasteiger partial charge in [0.05, 0.1) is 5.54 Å². The van der Waals surface area contributed by atoms with Crippen LogP contribution in [-0.2, 0) is 0 Å². The average Bonchev–Trinajstić information content (AvgIpc) is 2.97. The Morgan fingerprint density at radius 1 is 1.21 bits per heavy atom. The van der Waals surface area contributed by atoms with Crippen LogP contribution < -0.4 is 5.32 Å². The van der Waals surface area contributed by atoms with Crippen LogP contribution >= 0.6 is 0 Å². The van der Waals surface area contributed by atoms with Gasteiger partial charge in [-0.3, -0.25) is 0 Å². The summed E-state index contributed by atoms with van der Waals surface area (Å²) in [6.45, 7) is 27.1. The van der Waals surface area contributed by atoms with E-state index in [2.05, 4.69) is 70.4 Å². The number of rotatable bonds is 9. The summed E-state index contributed by atoms with van der Waals surface area (Å²) < 4.78 is 0. The molecule has 1 fully saturated rings. The standard InChI is InChI=1S/C22H32N2/c1-10-12-14-18(5)21(8)20(7)22(21,9)24(17(3)4)16-15-23-19(6)13-11-2/h10-17,23H,1,5-7H2,2-4,8-9H3/b13-11-,14-12-,16-15-. The lowest BCUT2D eigenvalue weighted by Gasteiger charge is -2.35. The normalized spacial score (nSPS) is 26.5. The van der Waals surface area contributed by atoms with E-state index in [0.29, 0.717) is 6.04 Å². The first-order valence-corrected chi connectivity index (χ1v) is 8.39.